The molecule has 3 aliphatic heterocycles. The van der Waals surface area contributed by atoms with E-state index in [9.17, 15) is 9.59 Å². The summed E-state index contributed by atoms with van der Waals surface area (Å²) in [5, 5.41) is 10.4. The summed E-state index contributed by atoms with van der Waals surface area (Å²) >= 11 is 0. The van der Waals surface area contributed by atoms with Gasteiger partial charge in [0.05, 0.1) is 29.7 Å². The number of nitrogen functional groups attached to an aromatic ring is 1. The molecule has 2 aromatic heterocycles. The van der Waals surface area contributed by atoms with Gasteiger partial charge in [-0.05, 0) is 39.3 Å². The van der Waals surface area contributed by atoms with Crippen LogP contribution in [0.25, 0.3) is 0 Å². The number of carbonyl (C=O) groups is 2. The van der Waals surface area contributed by atoms with E-state index in [-0.39, 0.29) is 41.2 Å². The summed E-state index contributed by atoms with van der Waals surface area (Å²) in [6.45, 7) is 2.73. The summed E-state index contributed by atoms with van der Waals surface area (Å²) < 4.78 is 32.6. The number of likely N-dealkylation sites (tertiary alicyclic amines) is 1. The first kappa shape index (κ1) is 29.6. The number of nitrogens with two attached hydrogens (primary N) is 1. The van der Waals surface area contributed by atoms with Crippen molar-refractivity contribution in [1.29, 1.82) is 0 Å². The van der Waals surface area contributed by atoms with Gasteiger partial charge in [0, 0.05) is 32.7 Å². The number of pyridine rings is 1. The first-order valence-electron chi connectivity index (χ1n) is 15.8. The van der Waals surface area contributed by atoms with Crippen LogP contribution >= 0.6 is 0 Å². The van der Waals surface area contributed by atoms with Gasteiger partial charge in [0.2, 0.25) is 5.91 Å². The second-order valence-corrected chi connectivity index (χ2v) is 12.5. The predicted molar refractivity (Wildman–Crippen MR) is 162 cm³/mol. The minimum absolute atomic E-state index is 0.00302. The van der Waals surface area contributed by atoms with E-state index in [1.165, 1.54) is 6.20 Å². The number of alkyl halides is 1. The van der Waals surface area contributed by atoms with Crippen molar-refractivity contribution in [2.75, 3.05) is 67.6 Å². The van der Waals surface area contributed by atoms with Crippen LogP contribution in [-0.2, 0) is 10.3 Å². The van der Waals surface area contributed by atoms with E-state index in [1.54, 1.807) is 4.68 Å². The molecule has 0 bridgehead atoms. The van der Waals surface area contributed by atoms with Gasteiger partial charge in [-0.15, -0.1) is 0 Å². The van der Waals surface area contributed by atoms with E-state index < -0.39 is 23.4 Å². The molecule has 4 N–H and O–H groups in total. The van der Waals surface area contributed by atoms with Crippen LogP contribution in [0, 0.1) is 5.82 Å². The lowest BCUT2D eigenvalue weighted by Gasteiger charge is -2.42. The molecule has 5 heterocycles. The number of rotatable bonds is 4. The van der Waals surface area contributed by atoms with Gasteiger partial charge in [-0.2, -0.15) is 5.10 Å². The Balaban J connectivity index is 1.22. The summed E-state index contributed by atoms with van der Waals surface area (Å²) in [5.41, 5.74) is 6.03. The number of hydrogen-bond acceptors (Lipinski definition) is 8. The third-order valence-electron chi connectivity index (χ3n) is 9.90. The molecule has 13 heteroatoms. The number of aromatic nitrogens is 3. The lowest BCUT2D eigenvalue weighted by Crippen LogP contribution is -2.53. The largest absolute Gasteiger partial charge is 0.381 e. The molecular weight excluding hydrogens is 556 g/mol. The Morgan fingerprint density at radius 3 is 2.40 bits per heavy atom. The lowest BCUT2D eigenvalue weighted by molar-refractivity contribution is -0.135. The molecule has 1 spiro atoms. The molecule has 0 radical (unpaired) electrons. The van der Waals surface area contributed by atoms with Crippen LogP contribution in [0.5, 0.6) is 0 Å². The van der Waals surface area contributed by atoms with Gasteiger partial charge in [0.15, 0.2) is 11.6 Å². The van der Waals surface area contributed by atoms with Crippen LogP contribution in [0.2, 0.25) is 0 Å². The summed E-state index contributed by atoms with van der Waals surface area (Å²) in [6, 6.07) is -0.0984. The second kappa shape index (κ2) is 12.3. The number of nitrogens with zero attached hydrogens (tertiary/aromatic N) is 6. The standard InChI is InChI=1S/C30H43F2N9O2/c1-38-12-8-9-22(38)29(43)40-15-13-39(14-16-40)25-20(31)17-34-18-21(25)36-28(42)24-26(33)37-41-27(24)35-19-23(32)30(41)10-6-4-2-3-5-7-11-30/h17-18,22-23,35H,2-16,19H2,1H3,(H2,33,37)(H,36,42)/t22-,23?/m0/s1. The van der Waals surface area contributed by atoms with E-state index >= 15 is 8.78 Å². The quantitative estimate of drug-likeness (QED) is 0.487. The number of amides is 2. The van der Waals surface area contributed by atoms with Gasteiger partial charge in [0.25, 0.3) is 5.91 Å². The molecule has 2 atom stereocenters. The van der Waals surface area contributed by atoms with E-state index in [4.69, 9.17) is 5.73 Å². The molecule has 11 nitrogen and oxygen atoms in total. The number of halogens is 2. The molecule has 2 aromatic rings. The normalized spacial score (nSPS) is 24.5. The van der Waals surface area contributed by atoms with E-state index in [0.29, 0.717) is 44.8 Å². The monoisotopic (exact) mass is 599 g/mol. The maximum atomic E-state index is 15.7. The first-order valence-corrected chi connectivity index (χ1v) is 15.8. The Kier molecular flexibility index (Phi) is 8.43. The van der Waals surface area contributed by atoms with Gasteiger partial charge < -0.3 is 26.2 Å². The number of piperazine rings is 1. The van der Waals surface area contributed by atoms with Gasteiger partial charge in [-0.25, -0.2) is 13.5 Å². The summed E-state index contributed by atoms with van der Waals surface area (Å²) in [4.78, 5) is 36.6. The molecule has 0 aromatic carbocycles. The van der Waals surface area contributed by atoms with Crippen molar-refractivity contribution >= 4 is 34.8 Å². The van der Waals surface area contributed by atoms with E-state index in [0.717, 1.165) is 64.1 Å². The Morgan fingerprint density at radius 2 is 1.72 bits per heavy atom. The fourth-order valence-electron chi connectivity index (χ4n) is 7.48. The van der Waals surface area contributed by atoms with Crippen LogP contribution in [0.15, 0.2) is 12.4 Å². The Morgan fingerprint density at radius 1 is 1.02 bits per heavy atom. The summed E-state index contributed by atoms with van der Waals surface area (Å²) in [6.07, 6.45) is 10.6. The average molecular weight is 600 g/mol. The molecule has 43 heavy (non-hydrogen) atoms. The molecule has 6 rings (SSSR count). The zero-order chi connectivity index (χ0) is 30.1. The fourth-order valence-corrected chi connectivity index (χ4v) is 7.48. The van der Waals surface area contributed by atoms with Crippen LogP contribution in [0.3, 0.4) is 0 Å². The number of hydrogen-bond donors (Lipinski definition) is 3. The molecule has 1 unspecified atom stereocenters. The van der Waals surface area contributed by atoms with Crippen molar-refractivity contribution in [3.63, 3.8) is 0 Å². The number of fused-ring (bicyclic) bond motifs is 2. The van der Waals surface area contributed by atoms with Gasteiger partial charge in [-0.1, -0.05) is 38.5 Å². The summed E-state index contributed by atoms with van der Waals surface area (Å²) in [7, 11) is 1.97. The second-order valence-electron chi connectivity index (χ2n) is 12.5. The highest BCUT2D eigenvalue weighted by atomic mass is 19.1. The fraction of sp³-hybridized carbons (Fsp3) is 0.667. The number of carbonyl (C=O) groups excluding carboxylic acids is 2. The van der Waals surface area contributed by atoms with Crippen LogP contribution in [0.1, 0.15) is 74.6 Å². The van der Waals surface area contributed by atoms with Gasteiger partial charge in [-0.3, -0.25) is 19.5 Å². The van der Waals surface area contributed by atoms with Crippen molar-refractivity contribution in [1.82, 2.24) is 24.6 Å². The Hall–Kier alpha value is -3.48. The summed E-state index contributed by atoms with van der Waals surface area (Å²) in [5.74, 6) is -0.610. The molecule has 2 saturated heterocycles. The van der Waals surface area contributed by atoms with Crippen LogP contribution < -0.4 is 21.3 Å². The molecule has 234 valence electrons. The third-order valence-corrected chi connectivity index (χ3v) is 9.90. The highest BCUT2D eigenvalue weighted by Gasteiger charge is 2.47. The maximum Gasteiger partial charge on any atom is 0.263 e. The van der Waals surface area contributed by atoms with Gasteiger partial charge >= 0.3 is 0 Å². The molecule has 4 aliphatic rings. The Labute approximate surface area is 251 Å². The zero-order valence-electron chi connectivity index (χ0n) is 25.0. The lowest BCUT2D eigenvalue weighted by atomic mass is 9.82. The topological polar surface area (TPSA) is 125 Å². The average Bonchev–Trinajstić information content (AvgIpc) is 3.61. The van der Waals surface area contributed by atoms with Crippen LogP contribution in [-0.4, -0.2) is 94.9 Å². The minimum Gasteiger partial charge on any atom is -0.381 e. The molecule has 3 fully saturated rings. The van der Waals surface area contributed by atoms with E-state index in [2.05, 4.69) is 25.6 Å². The van der Waals surface area contributed by atoms with Gasteiger partial charge in [0.1, 0.15) is 23.2 Å². The highest BCUT2D eigenvalue weighted by molar-refractivity contribution is 6.12. The molecule has 2 amide bonds. The highest BCUT2D eigenvalue weighted by Crippen LogP contribution is 2.44. The van der Waals surface area contributed by atoms with Crippen molar-refractivity contribution in [3.05, 3.63) is 23.8 Å². The molecule has 1 saturated carbocycles. The number of anilines is 4. The number of likely N-dealkylation sites (N-methyl/N-ethyl adjacent to an activating group) is 1. The van der Waals surface area contributed by atoms with Crippen LogP contribution in [0.4, 0.5) is 31.8 Å². The number of nitrogens with one attached hydrogen (secondary N) is 2. The smallest absolute Gasteiger partial charge is 0.263 e. The van der Waals surface area contributed by atoms with E-state index in [1.807, 2.05) is 16.8 Å². The third kappa shape index (κ3) is 5.51. The predicted octanol–water partition coefficient (Wildman–Crippen LogP) is 3.59. The SMILES string of the molecule is CN1CCC[C@H]1C(=O)N1CCN(c2c(F)cncc2NC(=O)c2c(N)nn3c2NCC(F)C32CCCCCCCC2)CC1. The van der Waals surface area contributed by atoms with Crippen molar-refractivity contribution < 1.29 is 18.4 Å². The first-order chi connectivity index (χ1) is 20.8. The van der Waals surface area contributed by atoms with Crippen molar-refractivity contribution in [2.45, 2.75) is 82.0 Å². The molecule has 1 aliphatic carbocycles. The minimum atomic E-state index is -1.16. The van der Waals surface area contributed by atoms with Crippen molar-refractivity contribution in [3.8, 4) is 0 Å². The maximum absolute atomic E-state index is 15.7. The zero-order valence-corrected chi connectivity index (χ0v) is 25.0. The van der Waals surface area contributed by atoms with Crippen molar-refractivity contribution in [2.24, 2.45) is 0 Å². The molecular formula is C30H43F2N9O2. The Bertz CT molecular complexity index is 1330.